The van der Waals surface area contributed by atoms with Gasteiger partial charge < -0.3 is 16.0 Å². The van der Waals surface area contributed by atoms with E-state index >= 15 is 0 Å². The van der Waals surface area contributed by atoms with Gasteiger partial charge in [-0.25, -0.2) is 4.79 Å². The molecular formula is C23H21F3N6O. The maximum absolute atomic E-state index is 12.7. The summed E-state index contributed by atoms with van der Waals surface area (Å²) in [5.41, 5.74) is 3.67. The van der Waals surface area contributed by atoms with Crippen molar-refractivity contribution in [2.24, 2.45) is 4.99 Å². The van der Waals surface area contributed by atoms with Gasteiger partial charge in [0.05, 0.1) is 17.5 Å². The summed E-state index contributed by atoms with van der Waals surface area (Å²) in [5, 5.41) is 15.7. The number of nitrogens with one attached hydrogen (secondary N) is 4. The molecule has 33 heavy (non-hydrogen) atoms. The Hall–Kier alpha value is -4.08. The molecule has 4 rings (SSSR count). The van der Waals surface area contributed by atoms with E-state index in [0.29, 0.717) is 5.69 Å². The molecule has 3 aromatic rings. The van der Waals surface area contributed by atoms with Gasteiger partial charge in [-0.15, -0.1) is 0 Å². The number of carbonyl (C=O) groups excluding carboxylic acids is 1. The molecule has 1 aliphatic rings. The van der Waals surface area contributed by atoms with E-state index in [4.69, 9.17) is 0 Å². The number of aliphatic imine (C=N–C) groups is 1. The van der Waals surface area contributed by atoms with Crippen molar-refractivity contribution in [3.05, 3.63) is 71.9 Å². The molecule has 1 aromatic heterocycles. The number of carbonyl (C=O) groups is 1. The monoisotopic (exact) mass is 454 g/mol. The number of hydrogen-bond donors (Lipinski definition) is 4. The molecule has 0 spiro atoms. The SMILES string of the molecule is CN=C1C=C(c2cn[nH]c2-c2cccc(NC(=O)Nc3ccc(C(F)(F)F)cc3)c2)CCN1. The Kier molecular flexibility index (Phi) is 6.16. The molecule has 2 aromatic carbocycles. The van der Waals surface area contributed by atoms with Crippen LogP contribution in [0.1, 0.15) is 17.5 Å². The smallest absolute Gasteiger partial charge is 0.370 e. The van der Waals surface area contributed by atoms with Crippen LogP contribution >= 0.6 is 0 Å². The highest BCUT2D eigenvalue weighted by Gasteiger charge is 2.30. The van der Waals surface area contributed by atoms with E-state index in [-0.39, 0.29) is 5.69 Å². The van der Waals surface area contributed by atoms with Crippen molar-refractivity contribution in [1.82, 2.24) is 15.5 Å². The lowest BCUT2D eigenvalue weighted by Gasteiger charge is -2.16. The maximum atomic E-state index is 12.7. The molecule has 7 nitrogen and oxygen atoms in total. The molecule has 0 fully saturated rings. The van der Waals surface area contributed by atoms with Crippen molar-refractivity contribution in [3.63, 3.8) is 0 Å². The van der Waals surface area contributed by atoms with Crippen LogP contribution in [0.4, 0.5) is 29.3 Å². The second-order valence-corrected chi connectivity index (χ2v) is 7.35. The summed E-state index contributed by atoms with van der Waals surface area (Å²) in [5.74, 6) is 0.804. The van der Waals surface area contributed by atoms with Gasteiger partial charge in [0.2, 0.25) is 0 Å². The minimum absolute atomic E-state index is 0.249. The summed E-state index contributed by atoms with van der Waals surface area (Å²) >= 11 is 0. The largest absolute Gasteiger partial charge is 0.416 e. The Bertz CT molecular complexity index is 1210. The molecule has 0 aliphatic carbocycles. The van der Waals surface area contributed by atoms with E-state index in [1.54, 1.807) is 31.4 Å². The number of halogens is 3. The number of anilines is 2. The van der Waals surface area contributed by atoms with Crippen LogP contribution in [0.2, 0.25) is 0 Å². The van der Waals surface area contributed by atoms with Gasteiger partial charge in [0.15, 0.2) is 0 Å². The normalized spacial score (nSPS) is 15.0. The predicted octanol–water partition coefficient (Wildman–Crippen LogP) is 5.14. The number of hydrogen-bond acceptors (Lipinski definition) is 3. The number of aromatic amines is 1. The molecular weight excluding hydrogens is 433 g/mol. The zero-order chi connectivity index (χ0) is 23.4. The molecule has 0 saturated carbocycles. The molecule has 4 N–H and O–H groups in total. The van der Waals surface area contributed by atoms with Crippen LogP contribution in [0.5, 0.6) is 0 Å². The van der Waals surface area contributed by atoms with Crippen LogP contribution in [-0.4, -0.2) is 35.7 Å². The second kappa shape index (κ2) is 9.19. The van der Waals surface area contributed by atoms with E-state index < -0.39 is 17.8 Å². The first-order chi connectivity index (χ1) is 15.8. The lowest BCUT2D eigenvalue weighted by Crippen LogP contribution is -2.27. The minimum Gasteiger partial charge on any atom is -0.370 e. The van der Waals surface area contributed by atoms with E-state index in [9.17, 15) is 18.0 Å². The molecule has 2 heterocycles. The van der Waals surface area contributed by atoms with Gasteiger partial charge in [-0.3, -0.25) is 10.1 Å². The van der Waals surface area contributed by atoms with Gasteiger partial charge in [-0.1, -0.05) is 12.1 Å². The Morgan fingerprint density at radius 1 is 1.09 bits per heavy atom. The number of rotatable bonds is 4. The summed E-state index contributed by atoms with van der Waals surface area (Å²) in [6.07, 6.45) is 0.134. The van der Waals surface area contributed by atoms with E-state index in [2.05, 4.69) is 31.1 Å². The van der Waals surface area contributed by atoms with E-state index in [1.165, 1.54) is 12.1 Å². The fourth-order valence-corrected chi connectivity index (χ4v) is 3.51. The fourth-order valence-electron chi connectivity index (χ4n) is 3.51. The highest BCUT2D eigenvalue weighted by Crippen LogP contribution is 2.31. The number of aromatic nitrogens is 2. The van der Waals surface area contributed by atoms with Crippen LogP contribution in [0.3, 0.4) is 0 Å². The van der Waals surface area contributed by atoms with Crippen LogP contribution in [0.15, 0.2) is 65.8 Å². The lowest BCUT2D eigenvalue weighted by molar-refractivity contribution is -0.137. The van der Waals surface area contributed by atoms with Crippen LogP contribution in [0.25, 0.3) is 16.8 Å². The Morgan fingerprint density at radius 2 is 1.85 bits per heavy atom. The Balaban J connectivity index is 1.49. The third kappa shape index (κ3) is 5.22. The first-order valence-electron chi connectivity index (χ1n) is 10.1. The van der Waals surface area contributed by atoms with Gasteiger partial charge in [0, 0.05) is 36.1 Å². The second-order valence-electron chi connectivity index (χ2n) is 7.35. The van der Waals surface area contributed by atoms with Gasteiger partial charge in [0.25, 0.3) is 0 Å². The Labute approximate surface area is 187 Å². The summed E-state index contributed by atoms with van der Waals surface area (Å²) in [6.45, 7) is 0.773. The van der Waals surface area contributed by atoms with Crippen molar-refractivity contribution in [1.29, 1.82) is 0 Å². The average molecular weight is 454 g/mol. The van der Waals surface area contributed by atoms with E-state index in [1.807, 2.05) is 12.1 Å². The van der Waals surface area contributed by atoms with Crippen molar-refractivity contribution >= 4 is 28.8 Å². The molecule has 170 valence electrons. The highest BCUT2D eigenvalue weighted by molar-refractivity contribution is 6.02. The molecule has 1 aliphatic heterocycles. The quantitative estimate of drug-likeness (QED) is 0.440. The standard InChI is InChI=1S/C23H21F3N6O/c1-27-20-12-14(9-10-28-20)19-13-29-32-21(19)15-3-2-4-18(11-15)31-22(33)30-17-7-5-16(6-8-17)23(24,25)26/h2-8,11-13H,9-10H2,1H3,(H,27,28)(H,29,32)(H2,30,31,33). The summed E-state index contributed by atoms with van der Waals surface area (Å²) < 4.78 is 38.1. The van der Waals surface area contributed by atoms with Crippen LogP contribution < -0.4 is 16.0 Å². The molecule has 2 amide bonds. The number of alkyl halides is 3. The molecule has 0 radical (unpaired) electrons. The number of nitrogens with zero attached hydrogens (tertiary/aromatic N) is 2. The van der Waals surface area contributed by atoms with E-state index in [0.717, 1.165) is 53.3 Å². The first-order valence-corrected chi connectivity index (χ1v) is 10.1. The summed E-state index contributed by atoms with van der Waals surface area (Å²) in [4.78, 5) is 16.5. The number of amides is 2. The third-order valence-corrected chi connectivity index (χ3v) is 5.12. The lowest BCUT2D eigenvalue weighted by atomic mass is 9.97. The average Bonchev–Trinajstić information content (AvgIpc) is 3.29. The predicted molar refractivity (Wildman–Crippen MR) is 122 cm³/mol. The number of amidine groups is 1. The minimum atomic E-state index is -4.43. The highest BCUT2D eigenvalue weighted by atomic mass is 19.4. The molecule has 10 heteroatoms. The molecule has 0 saturated heterocycles. The molecule has 0 atom stereocenters. The van der Waals surface area contributed by atoms with Crippen molar-refractivity contribution in [2.75, 3.05) is 24.2 Å². The number of H-pyrrole nitrogens is 1. The van der Waals surface area contributed by atoms with Crippen molar-refractivity contribution < 1.29 is 18.0 Å². The van der Waals surface area contributed by atoms with Gasteiger partial charge in [-0.2, -0.15) is 18.3 Å². The fraction of sp³-hybridized carbons (Fsp3) is 0.174. The van der Waals surface area contributed by atoms with Crippen molar-refractivity contribution in [2.45, 2.75) is 12.6 Å². The van der Waals surface area contributed by atoms with Gasteiger partial charge in [0.1, 0.15) is 5.84 Å². The van der Waals surface area contributed by atoms with Crippen molar-refractivity contribution in [3.8, 4) is 11.3 Å². The summed E-state index contributed by atoms with van der Waals surface area (Å²) in [6, 6.07) is 10.9. The number of urea groups is 1. The van der Waals surface area contributed by atoms with Crippen LogP contribution in [-0.2, 0) is 6.18 Å². The zero-order valence-electron chi connectivity index (χ0n) is 17.6. The maximum Gasteiger partial charge on any atom is 0.416 e. The molecule has 0 bridgehead atoms. The molecule has 0 unspecified atom stereocenters. The topological polar surface area (TPSA) is 94.2 Å². The number of benzene rings is 2. The van der Waals surface area contributed by atoms with Crippen LogP contribution in [0, 0.1) is 0 Å². The Morgan fingerprint density at radius 3 is 2.58 bits per heavy atom. The van der Waals surface area contributed by atoms with Gasteiger partial charge in [-0.05, 0) is 54.5 Å². The third-order valence-electron chi connectivity index (χ3n) is 5.12. The first kappa shape index (κ1) is 22.1. The van der Waals surface area contributed by atoms with Gasteiger partial charge >= 0.3 is 12.2 Å². The summed E-state index contributed by atoms with van der Waals surface area (Å²) in [7, 11) is 1.73. The zero-order valence-corrected chi connectivity index (χ0v) is 17.6.